The number of hydrogen-bond donors (Lipinski definition) is 1. The molecule has 0 saturated carbocycles. The number of methoxy groups -OCH3 is 2. The van der Waals surface area contributed by atoms with Crippen molar-refractivity contribution in [2.45, 2.75) is 26.1 Å². The van der Waals surface area contributed by atoms with Crippen molar-refractivity contribution in [2.24, 2.45) is 0 Å². The minimum Gasteiger partial charge on any atom is -0.487 e. The van der Waals surface area contributed by atoms with Gasteiger partial charge in [0.15, 0.2) is 29.2 Å². The SMILES string of the molecule is COC(=O)c1[nH]c(C(=O)OC)c2c1OCCCOC(C)OCCCO2. The lowest BCUT2D eigenvalue weighted by Gasteiger charge is -2.13. The molecule has 0 unspecified atom stereocenters. The summed E-state index contributed by atoms with van der Waals surface area (Å²) in [5, 5.41) is 0. The van der Waals surface area contributed by atoms with Gasteiger partial charge in [-0.1, -0.05) is 0 Å². The molecule has 0 saturated heterocycles. The van der Waals surface area contributed by atoms with E-state index in [1.54, 1.807) is 0 Å². The highest BCUT2D eigenvalue weighted by atomic mass is 16.7. The van der Waals surface area contributed by atoms with Crippen LogP contribution in [0.25, 0.3) is 0 Å². The highest BCUT2D eigenvalue weighted by Gasteiger charge is 2.30. The summed E-state index contributed by atoms with van der Waals surface area (Å²) in [5.41, 5.74) is -0.00313. The molecule has 0 aliphatic carbocycles. The molecule has 0 atom stereocenters. The summed E-state index contributed by atoms with van der Waals surface area (Å²) in [4.78, 5) is 26.7. The Hall–Kier alpha value is -2.26. The van der Waals surface area contributed by atoms with Crippen molar-refractivity contribution in [1.82, 2.24) is 4.98 Å². The van der Waals surface area contributed by atoms with Crippen molar-refractivity contribution >= 4 is 11.9 Å². The Morgan fingerprint density at radius 1 is 0.880 bits per heavy atom. The maximum atomic E-state index is 12.0. The van der Waals surface area contributed by atoms with Gasteiger partial charge >= 0.3 is 11.9 Å². The Morgan fingerprint density at radius 2 is 1.32 bits per heavy atom. The molecule has 2 rings (SSSR count). The van der Waals surface area contributed by atoms with Gasteiger partial charge in [-0.2, -0.15) is 0 Å². The predicted octanol–water partition coefficient (Wildman–Crippen LogP) is 1.52. The first-order valence-corrected chi connectivity index (χ1v) is 7.99. The highest BCUT2D eigenvalue weighted by molar-refractivity contribution is 5.98. The topological polar surface area (TPSA) is 105 Å². The van der Waals surface area contributed by atoms with E-state index in [0.29, 0.717) is 26.1 Å². The van der Waals surface area contributed by atoms with Gasteiger partial charge in [-0.3, -0.25) is 0 Å². The zero-order valence-corrected chi connectivity index (χ0v) is 14.6. The Morgan fingerprint density at radius 3 is 1.72 bits per heavy atom. The Balaban J connectivity index is 2.32. The number of aromatic amines is 1. The van der Waals surface area contributed by atoms with Gasteiger partial charge < -0.3 is 33.4 Å². The van der Waals surface area contributed by atoms with Crippen LogP contribution in [-0.4, -0.2) is 63.9 Å². The van der Waals surface area contributed by atoms with E-state index < -0.39 is 11.9 Å². The maximum absolute atomic E-state index is 12.0. The standard InChI is InChI=1S/C16H23NO8/c1-10-22-6-4-8-24-13-11(15(18)20-2)17-12(16(19)21-3)14(13)25-9-5-7-23-10/h10,17H,4-9H2,1-3H3. The van der Waals surface area contributed by atoms with E-state index in [4.69, 9.17) is 28.4 Å². The number of carbonyl (C=O) groups is 2. The van der Waals surface area contributed by atoms with E-state index in [1.165, 1.54) is 14.2 Å². The molecule has 2 heterocycles. The van der Waals surface area contributed by atoms with E-state index in [2.05, 4.69) is 4.98 Å². The summed E-state index contributed by atoms with van der Waals surface area (Å²) in [6, 6.07) is 0. The molecule has 0 fully saturated rings. The number of nitrogens with one attached hydrogen (secondary N) is 1. The van der Waals surface area contributed by atoms with Gasteiger partial charge in [0.2, 0.25) is 0 Å². The van der Waals surface area contributed by atoms with E-state index in [9.17, 15) is 9.59 Å². The van der Waals surface area contributed by atoms with Crippen molar-refractivity contribution in [2.75, 3.05) is 40.6 Å². The van der Waals surface area contributed by atoms with Crippen molar-refractivity contribution < 1.29 is 38.0 Å². The minimum atomic E-state index is -0.674. The molecule has 0 amide bonds. The lowest BCUT2D eigenvalue weighted by molar-refractivity contribution is -0.132. The number of rotatable bonds is 2. The fraction of sp³-hybridized carbons (Fsp3) is 0.625. The highest BCUT2D eigenvalue weighted by Crippen LogP contribution is 2.37. The summed E-state index contributed by atoms with van der Waals surface area (Å²) in [7, 11) is 2.47. The quantitative estimate of drug-likeness (QED) is 0.794. The number of H-pyrrole nitrogens is 1. The molecule has 9 nitrogen and oxygen atoms in total. The van der Waals surface area contributed by atoms with E-state index >= 15 is 0 Å². The van der Waals surface area contributed by atoms with Crippen molar-refractivity contribution in [3.05, 3.63) is 11.4 Å². The Labute approximate surface area is 145 Å². The first-order valence-electron chi connectivity index (χ1n) is 7.99. The van der Waals surface area contributed by atoms with Gasteiger partial charge in [0.1, 0.15) is 0 Å². The van der Waals surface area contributed by atoms with Crippen molar-refractivity contribution in [3.8, 4) is 11.5 Å². The van der Waals surface area contributed by atoms with Gasteiger partial charge in [-0.05, 0) is 6.92 Å². The molecule has 0 aromatic carbocycles. The van der Waals surface area contributed by atoms with Crippen LogP contribution >= 0.6 is 0 Å². The third-order valence-corrected chi connectivity index (χ3v) is 3.46. The number of esters is 2. The van der Waals surface area contributed by atoms with Crippen LogP contribution in [0.4, 0.5) is 0 Å². The van der Waals surface area contributed by atoms with Crippen LogP contribution in [0, 0.1) is 0 Å². The molecular formula is C16H23NO8. The predicted molar refractivity (Wildman–Crippen MR) is 85.1 cm³/mol. The lowest BCUT2D eigenvalue weighted by atomic mass is 10.3. The van der Waals surface area contributed by atoms with Crippen LogP contribution in [0.15, 0.2) is 0 Å². The van der Waals surface area contributed by atoms with Crippen LogP contribution in [0.3, 0.4) is 0 Å². The smallest absolute Gasteiger partial charge is 0.358 e. The first-order chi connectivity index (χ1) is 12.1. The molecular weight excluding hydrogens is 334 g/mol. The second kappa shape index (κ2) is 9.28. The number of fused-ring (bicyclic) bond motifs is 1. The molecule has 9 heteroatoms. The fourth-order valence-electron chi connectivity index (χ4n) is 2.25. The zero-order valence-electron chi connectivity index (χ0n) is 14.6. The van der Waals surface area contributed by atoms with Crippen LogP contribution in [0.5, 0.6) is 11.5 Å². The number of ether oxygens (including phenoxy) is 6. The van der Waals surface area contributed by atoms with Gasteiger partial charge in [0, 0.05) is 12.8 Å². The van der Waals surface area contributed by atoms with Gasteiger partial charge in [0.05, 0.1) is 40.6 Å². The monoisotopic (exact) mass is 357 g/mol. The summed E-state index contributed by atoms with van der Waals surface area (Å²) in [5.74, 6) is -1.10. The molecule has 1 aromatic rings. The second-order valence-corrected chi connectivity index (χ2v) is 5.23. The van der Waals surface area contributed by atoms with E-state index in [1.807, 2.05) is 6.92 Å². The normalized spacial score (nSPS) is 16.9. The first kappa shape index (κ1) is 19.1. The molecule has 0 spiro atoms. The van der Waals surface area contributed by atoms with Crippen LogP contribution < -0.4 is 9.47 Å². The fourth-order valence-corrected chi connectivity index (χ4v) is 2.25. The Bertz CT molecular complexity index is 549. The summed E-state index contributed by atoms with van der Waals surface area (Å²) < 4.78 is 31.8. The lowest BCUT2D eigenvalue weighted by Crippen LogP contribution is -2.16. The van der Waals surface area contributed by atoms with Gasteiger partial charge in [0.25, 0.3) is 0 Å². The van der Waals surface area contributed by atoms with Crippen LogP contribution in [-0.2, 0) is 18.9 Å². The van der Waals surface area contributed by atoms with Crippen molar-refractivity contribution in [1.29, 1.82) is 0 Å². The molecule has 1 aliphatic heterocycles. The number of hydrogen-bond acceptors (Lipinski definition) is 8. The van der Waals surface area contributed by atoms with Crippen LogP contribution in [0.2, 0.25) is 0 Å². The summed E-state index contributed by atoms with van der Waals surface area (Å²) in [6.45, 7) is 3.19. The third-order valence-electron chi connectivity index (χ3n) is 3.46. The average Bonchev–Trinajstić information content (AvgIpc) is 2.98. The molecule has 1 N–H and O–H groups in total. The average molecular weight is 357 g/mol. The Kier molecular flexibility index (Phi) is 7.08. The second-order valence-electron chi connectivity index (χ2n) is 5.23. The van der Waals surface area contributed by atoms with Gasteiger partial charge in [-0.15, -0.1) is 0 Å². The molecule has 1 aliphatic rings. The minimum absolute atomic E-state index is 0.00157. The largest absolute Gasteiger partial charge is 0.487 e. The van der Waals surface area contributed by atoms with Crippen molar-refractivity contribution in [3.63, 3.8) is 0 Å². The number of aromatic nitrogens is 1. The molecule has 140 valence electrons. The van der Waals surface area contributed by atoms with Gasteiger partial charge in [-0.25, -0.2) is 9.59 Å². The summed E-state index contributed by atoms with van der Waals surface area (Å²) >= 11 is 0. The molecule has 25 heavy (non-hydrogen) atoms. The van der Waals surface area contributed by atoms with E-state index in [0.717, 1.165) is 0 Å². The zero-order chi connectivity index (χ0) is 18.2. The third kappa shape index (κ3) is 4.86. The van der Waals surface area contributed by atoms with Crippen LogP contribution in [0.1, 0.15) is 40.7 Å². The molecule has 1 aromatic heterocycles. The number of carbonyl (C=O) groups excluding carboxylic acids is 2. The van der Waals surface area contributed by atoms with E-state index in [-0.39, 0.29) is 42.4 Å². The molecule has 0 radical (unpaired) electrons. The molecule has 0 bridgehead atoms. The summed E-state index contributed by atoms with van der Waals surface area (Å²) in [6.07, 6.45) is 0.801. The maximum Gasteiger partial charge on any atom is 0.358 e.